The average Bonchev–Trinajstić information content (AvgIpc) is 3.60. The number of anilines is 3. The molecule has 1 aromatic heterocycles. The molecule has 0 atom stereocenters. The molecule has 0 saturated heterocycles. The largest absolute Gasteiger partial charge is 0.310 e. The molecule has 224 valence electrons. The molecule has 0 N–H and O–H groups in total. The van der Waals surface area contributed by atoms with Crippen molar-refractivity contribution >= 4 is 48.6 Å². The van der Waals surface area contributed by atoms with Gasteiger partial charge in [-0.25, -0.2) is 0 Å². The van der Waals surface area contributed by atoms with Crippen LogP contribution in [0.3, 0.4) is 0 Å². The molecule has 47 heavy (non-hydrogen) atoms. The van der Waals surface area contributed by atoms with Crippen LogP contribution in [0.4, 0.5) is 17.1 Å². The summed E-state index contributed by atoms with van der Waals surface area (Å²) in [5.41, 5.74) is 13.8. The first kappa shape index (κ1) is 27.8. The summed E-state index contributed by atoms with van der Waals surface area (Å²) in [5, 5.41) is 2.69. The monoisotopic (exact) mass is 619 g/mol. The van der Waals surface area contributed by atoms with E-state index >= 15 is 0 Å². The Bertz CT molecular complexity index is 2400. The lowest BCUT2D eigenvalue weighted by Gasteiger charge is -2.26. The molecule has 1 heterocycles. The van der Waals surface area contributed by atoms with E-state index in [9.17, 15) is 0 Å². The number of hydrogen-bond donors (Lipinski definition) is 0. The lowest BCUT2D eigenvalue weighted by Crippen LogP contribution is -2.15. The van der Waals surface area contributed by atoms with Gasteiger partial charge in [-0.1, -0.05) is 111 Å². The molecule has 0 aliphatic heterocycles. The van der Waals surface area contributed by atoms with Crippen LogP contribution in [0.2, 0.25) is 0 Å². The Labute approximate surface area is 280 Å². The molecule has 8 aromatic rings. The third-order valence-electron chi connectivity index (χ3n) is 9.85. The summed E-state index contributed by atoms with van der Waals surface area (Å²) in [4.78, 5) is 2.33. The number of nitrogens with zero attached hydrogens (tertiary/aromatic N) is 1. The number of benzene rings is 7. The maximum atomic E-state index is 2.43. The fourth-order valence-corrected chi connectivity index (χ4v) is 8.51. The Balaban J connectivity index is 1.09. The summed E-state index contributed by atoms with van der Waals surface area (Å²) in [5.74, 6) is 0. The second-order valence-electron chi connectivity index (χ2n) is 13.0. The first-order chi connectivity index (χ1) is 23.0. The van der Waals surface area contributed by atoms with Crippen LogP contribution in [0.1, 0.15) is 25.0 Å². The molecule has 0 fully saturated rings. The molecule has 1 nitrogen and oxygen atoms in total. The van der Waals surface area contributed by atoms with E-state index in [4.69, 9.17) is 0 Å². The quantitative estimate of drug-likeness (QED) is 0.185. The predicted octanol–water partition coefficient (Wildman–Crippen LogP) is 13.2. The van der Waals surface area contributed by atoms with E-state index in [0.717, 1.165) is 17.1 Å². The molecule has 1 aliphatic carbocycles. The van der Waals surface area contributed by atoms with E-state index in [2.05, 4.69) is 183 Å². The normalized spacial score (nSPS) is 13.1. The van der Waals surface area contributed by atoms with E-state index in [-0.39, 0.29) is 5.41 Å². The number of thiophene rings is 1. The van der Waals surface area contributed by atoms with E-state index in [1.165, 1.54) is 64.7 Å². The van der Waals surface area contributed by atoms with Crippen molar-refractivity contribution in [3.8, 4) is 33.4 Å². The van der Waals surface area contributed by atoms with Crippen molar-refractivity contribution in [3.05, 3.63) is 175 Å². The van der Waals surface area contributed by atoms with Crippen molar-refractivity contribution in [2.24, 2.45) is 0 Å². The minimum absolute atomic E-state index is 0.117. The van der Waals surface area contributed by atoms with Gasteiger partial charge in [-0.15, -0.1) is 11.3 Å². The Morgan fingerprint density at radius 3 is 1.57 bits per heavy atom. The zero-order chi connectivity index (χ0) is 31.5. The SMILES string of the molecule is CC1(C)c2cc(-c3cccc(N(c4ccccc4)c4ccccc4)c3)ccc2-c2ccc(-c3ccc4sc5ccccc5c4c3)cc21. The maximum absolute atomic E-state index is 2.43. The Hall–Kier alpha value is -5.44. The summed E-state index contributed by atoms with van der Waals surface area (Å²) in [6.07, 6.45) is 0. The first-order valence-electron chi connectivity index (χ1n) is 16.3. The Morgan fingerprint density at radius 2 is 0.915 bits per heavy atom. The van der Waals surface area contributed by atoms with Gasteiger partial charge in [0.25, 0.3) is 0 Å². The highest BCUT2D eigenvalue weighted by Gasteiger charge is 2.36. The molecule has 0 unspecified atom stereocenters. The van der Waals surface area contributed by atoms with Gasteiger partial charge in [0.05, 0.1) is 0 Å². The van der Waals surface area contributed by atoms with Crippen molar-refractivity contribution in [1.29, 1.82) is 0 Å². The van der Waals surface area contributed by atoms with Crippen LogP contribution in [0.5, 0.6) is 0 Å². The zero-order valence-corrected chi connectivity index (χ0v) is 27.3. The molecule has 7 aromatic carbocycles. The van der Waals surface area contributed by atoms with Crippen molar-refractivity contribution in [2.75, 3.05) is 4.90 Å². The Morgan fingerprint density at radius 1 is 0.404 bits per heavy atom. The van der Waals surface area contributed by atoms with Crippen LogP contribution >= 0.6 is 11.3 Å². The molecular weight excluding hydrogens is 587 g/mol. The third-order valence-corrected chi connectivity index (χ3v) is 11.0. The zero-order valence-electron chi connectivity index (χ0n) is 26.4. The number of para-hydroxylation sites is 2. The predicted molar refractivity (Wildman–Crippen MR) is 202 cm³/mol. The van der Waals surface area contributed by atoms with Gasteiger partial charge in [0.2, 0.25) is 0 Å². The second kappa shape index (κ2) is 10.8. The topological polar surface area (TPSA) is 3.24 Å². The van der Waals surface area contributed by atoms with Crippen molar-refractivity contribution in [2.45, 2.75) is 19.3 Å². The minimum Gasteiger partial charge on any atom is -0.310 e. The molecular formula is C45H33NS. The minimum atomic E-state index is -0.117. The van der Waals surface area contributed by atoms with Gasteiger partial charge in [-0.05, 0) is 111 Å². The molecule has 0 bridgehead atoms. The lowest BCUT2D eigenvalue weighted by molar-refractivity contribution is 0.661. The number of rotatable bonds is 5. The Kier molecular flexibility index (Phi) is 6.41. The van der Waals surface area contributed by atoms with Crippen LogP contribution in [0.15, 0.2) is 164 Å². The molecule has 0 saturated carbocycles. The average molecular weight is 620 g/mol. The second-order valence-corrected chi connectivity index (χ2v) is 14.1. The molecule has 9 rings (SSSR count). The van der Waals surface area contributed by atoms with Crippen LogP contribution in [-0.4, -0.2) is 0 Å². The highest BCUT2D eigenvalue weighted by atomic mass is 32.1. The lowest BCUT2D eigenvalue weighted by atomic mass is 9.81. The van der Waals surface area contributed by atoms with Crippen LogP contribution in [0.25, 0.3) is 53.6 Å². The number of hydrogen-bond acceptors (Lipinski definition) is 2. The molecule has 0 amide bonds. The number of fused-ring (bicyclic) bond motifs is 6. The third kappa shape index (κ3) is 4.60. The highest BCUT2D eigenvalue weighted by Crippen LogP contribution is 2.51. The van der Waals surface area contributed by atoms with Gasteiger partial charge < -0.3 is 4.90 Å². The van der Waals surface area contributed by atoms with E-state index in [1.807, 2.05) is 11.3 Å². The summed E-state index contributed by atoms with van der Waals surface area (Å²) in [6.45, 7) is 4.76. The first-order valence-corrected chi connectivity index (χ1v) is 17.1. The maximum Gasteiger partial charge on any atom is 0.0467 e. The van der Waals surface area contributed by atoms with Gasteiger partial charge in [-0.2, -0.15) is 0 Å². The summed E-state index contributed by atoms with van der Waals surface area (Å²) in [7, 11) is 0. The smallest absolute Gasteiger partial charge is 0.0467 e. The van der Waals surface area contributed by atoms with Gasteiger partial charge in [0, 0.05) is 42.6 Å². The summed E-state index contributed by atoms with van der Waals surface area (Å²) < 4.78 is 2.69. The van der Waals surface area contributed by atoms with E-state index in [1.54, 1.807) is 0 Å². The van der Waals surface area contributed by atoms with Crippen molar-refractivity contribution < 1.29 is 0 Å². The molecule has 0 spiro atoms. The molecule has 0 radical (unpaired) electrons. The molecule has 2 heteroatoms. The van der Waals surface area contributed by atoms with E-state index in [0.29, 0.717) is 0 Å². The standard InChI is InChI=1S/C45H33NS/c1-45(2)41-28-32(30-12-11-17-36(26-30)46(34-13-5-3-6-14-34)35-15-7-4-8-16-35)20-23-37(41)38-24-21-33(29-42(38)45)31-22-25-44-40(27-31)39-18-9-10-19-43(39)47-44/h3-29H,1-2H3. The van der Waals surface area contributed by atoms with Crippen LogP contribution < -0.4 is 4.90 Å². The highest BCUT2D eigenvalue weighted by molar-refractivity contribution is 7.25. The fourth-order valence-electron chi connectivity index (χ4n) is 7.43. The van der Waals surface area contributed by atoms with Crippen molar-refractivity contribution in [1.82, 2.24) is 0 Å². The van der Waals surface area contributed by atoms with Crippen molar-refractivity contribution in [3.63, 3.8) is 0 Å². The van der Waals surface area contributed by atoms with Gasteiger partial charge in [-0.3, -0.25) is 0 Å². The summed E-state index contributed by atoms with van der Waals surface area (Å²) >= 11 is 1.87. The fraction of sp³-hybridized carbons (Fsp3) is 0.0667. The van der Waals surface area contributed by atoms with Gasteiger partial charge >= 0.3 is 0 Å². The summed E-state index contributed by atoms with van der Waals surface area (Å²) in [6, 6.07) is 60.0. The van der Waals surface area contributed by atoms with Gasteiger partial charge in [0.1, 0.15) is 0 Å². The van der Waals surface area contributed by atoms with Crippen LogP contribution in [-0.2, 0) is 5.41 Å². The van der Waals surface area contributed by atoms with Crippen LogP contribution in [0, 0.1) is 0 Å². The van der Waals surface area contributed by atoms with E-state index < -0.39 is 0 Å². The molecule has 1 aliphatic rings. The van der Waals surface area contributed by atoms with Gasteiger partial charge in [0.15, 0.2) is 0 Å².